The summed E-state index contributed by atoms with van der Waals surface area (Å²) in [6, 6.07) is 4.49. The molecule has 5 rings (SSSR count). The first-order valence-electron chi connectivity index (χ1n) is 8.55. The van der Waals surface area contributed by atoms with Crippen LogP contribution in [0.5, 0.6) is 5.75 Å². The minimum Gasteiger partial charge on any atom is -0.507 e. The summed E-state index contributed by atoms with van der Waals surface area (Å²) >= 11 is 0. The molecule has 2 fully saturated rings. The molecule has 6 nitrogen and oxygen atoms in total. The number of rotatable bonds is 1. The molecule has 0 bridgehead atoms. The Balaban J connectivity index is 1.77. The molecule has 0 aromatic heterocycles. The minimum atomic E-state index is -0.725. The van der Waals surface area contributed by atoms with Gasteiger partial charge in [0.25, 0.3) is 0 Å². The fraction of sp³-hybridized carbons (Fsp3) is 0.474. The van der Waals surface area contributed by atoms with Crippen LogP contribution in [0.15, 0.2) is 29.3 Å². The van der Waals surface area contributed by atoms with Gasteiger partial charge < -0.3 is 19.7 Å². The van der Waals surface area contributed by atoms with Crippen LogP contribution in [0.2, 0.25) is 0 Å². The Hall–Kier alpha value is -2.02. The highest BCUT2D eigenvalue weighted by molar-refractivity contribution is 6.28. The Morgan fingerprint density at radius 2 is 2.04 bits per heavy atom. The number of hydrogen-bond acceptors (Lipinski definition) is 6. The number of hydrogen-bond donors (Lipinski definition) is 2. The standard InChI is InChI=1S/C19H18O6/c1-24-17-13-12(14-10(21)6-3-7-19(14)18(17)25-19)15(22)8-4-2-5-9(20)11(8)16(13)23/h2,4-5,10,14,17-18,20-21H,3,6-7H2,1H3/t10-,14-,17+,18-,19+/m0/s1. The second-order valence-corrected chi connectivity index (χ2v) is 7.27. The van der Waals surface area contributed by atoms with E-state index in [9.17, 15) is 19.8 Å². The van der Waals surface area contributed by atoms with Crippen LogP contribution in [0.1, 0.15) is 40.0 Å². The number of epoxide rings is 1. The molecule has 0 radical (unpaired) electrons. The Bertz CT molecular complexity index is 855. The van der Waals surface area contributed by atoms with Crippen molar-refractivity contribution in [2.75, 3.05) is 7.11 Å². The maximum Gasteiger partial charge on any atom is 0.196 e. The number of benzene rings is 1. The van der Waals surface area contributed by atoms with Gasteiger partial charge in [-0.05, 0) is 25.3 Å². The number of aliphatic hydroxyl groups excluding tert-OH is 1. The van der Waals surface area contributed by atoms with E-state index in [-0.39, 0.29) is 34.3 Å². The number of aliphatic hydroxyl groups is 1. The number of fused-ring (bicyclic) bond motifs is 2. The van der Waals surface area contributed by atoms with Crippen molar-refractivity contribution in [1.82, 2.24) is 0 Å². The average molecular weight is 342 g/mol. The van der Waals surface area contributed by atoms with E-state index < -0.39 is 29.5 Å². The summed E-state index contributed by atoms with van der Waals surface area (Å²) in [4.78, 5) is 26.4. The van der Waals surface area contributed by atoms with Gasteiger partial charge in [0.05, 0.1) is 11.7 Å². The maximum atomic E-state index is 13.2. The summed E-state index contributed by atoms with van der Waals surface area (Å²) in [5.41, 5.74) is 0.153. The summed E-state index contributed by atoms with van der Waals surface area (Å²) in [6.45, 7) is 0. The molecule has 2 N–H and O–H groups in total. The van der Waals surface area contributed by atoms with Crippen LogP contribution < -0.4 is 0 Å². The summed E-state index contributed by atoms with van der Waals surface area (Å²) in [5.74, 6) is -1.45. The number of methoxy groups -OCH3 is 1. The molecule has 130 valence electrons. The van der Waals surface area contributed by atoms with Crippen LogP contribution in [0.25, 0.3) is 0 Å². The summed E-state index contributed by atoms with van der Waals surface area (Å²) < 4.78 is 11.5. The SMILES string of the molecule is CO[C@@H]1C2=C(C(=O)c3cccc(O)c3C2=O)[C@@H]2[C@@H](O)CCC[C@@]23O[C@@H]13. The Labute approximate surface area is 144 Å². The van der Waals surface area contributed by atoms with Crippen molar-refractivity contribution in [2.24, 2.45) is 5.92 Å². The van der Waals surface area contributed by atoms with Crippen LogP contribution in [-0.4, -0.2) is 52.8 Å². The third kappa shape index (κ3) is 1.69. The molecule has 0 unspecified atom stereocenters. The van der Waals surface area contributed by atoms with Crippen molar-refractivity contribution >= 4 is 11.6 Å². The molecule has 0 amide bonds. The fourth-order valence-corrected chi connectivity index (χ4v) is 5.12. The lowest BCUT2D eigenvalue weighted by molar-refractivity contribution is 0.0258. The minimum absolute atomic E-state index is 0.0201. The largest absolute Gasteiger partial charge is 0.507 e. The maximum absolute atomic E-state index is 13.2. The predicted molar refractivity (Wildman–Crippen MR) is 85.5 cm³/mol. The van der Waals surface area contributed by atoms with Gasteiger partial charge >= 0.3 is 0 Å². The second-order valence-electron chi connectivity index (χ2n) is 7.27. The topological polar surface area (TPSA) is 96.4 Å². The number of phenolic OH excluding ortho intramolecular Hbond substituents is 1. The van der Waals surface area contributed by atoms with Gasteiger partial charge in [-0.25, -0.2) is 0 Å². The van der Waals surface area contributed by atoms with Gasteiger partial charge in [-0.1, -0.05) is 12.1 Å². The summed E-state index contributed by atoms with van der Waals surface area (Å²) in [5, 5.41) is 20.8. The van der Waals surface area contributed by atoms with E-state index in [0.29, 0.717) is 12.0 Å². The molecule has 3 aliphatic carbocycles. The van der Waals surface area contributed by atoms with Crippen molar-refractivity contribution in [3.05, 3.63) is 40.5 Å². The lowest BCUT2D eigenvalue weighted by atomic mass is 9.61. The van der Waals surface area contributed by atoms with E-state index in [0.717, 1.165) is 12.8 Å². The molecule has 1 saturated carbocycles. The predicted octanol–water partition coefficient (Wildman–Crippen LogP) is 1.39. The molecule has 1 aromatic carbocycles. The number of Topliss-reactive ketones (excluding diaryl/α,β-unsaturated/α-hetero) is 2. The third-order valence-electron chi connectivity index (χ3n) is 6.17. The van der Waals surface area contributed by atoms with Crippen LogP contribution >= 0.6 is 0 Å². The van der Waals surface area contributed by atoms with Crippen LogP contribution in [0.3, 0.4) is 0 Å². The quantitative estimate of drug-likeness (QED) is 0.749. The van der Waals surface area contributed by atoms with Crippen molar-refractivity contribution in [2.45, 2.75) is 43.2 Å². The van der Waals surface area contributed by atoms with Gasteiger partial charge in [0, 0.05) is 29.7 Å². The number of phenols is 1. The number of carbonyl (C=O) groups excluding carboxylic acids is 2. The first-order valence-corrected chi connectivity index (χ1v) is 8.55. The van der Waals surface area contributed by atoms with E-state index in [4.69, 9.17) is 9.47 Å². The number of ether oxygens (including phenoxy) is 2. The van der Waals surface area contributed by atoms with Crippen LogP contribution in [-0.2, 0) is 9.47 Å². The first-order chi connectivity index (χ1) is 12.0. The fourth-order valence-electron chi connectivity index (χ4n) is 5.12. The molecule has 5 atom stereocenters. The second kappa shape index (κ2) is 4.78. The third-order valence-corrected chi connectivity index (χ3v) is 6.17. The van der Waals surface area contributed by atoms with Gasteiger partial charge in [0.2, 0.25) is 0 Å². The van der Waals surface area contributed by atoms with Crippen LogP contribution in [0.4, 0.5) is 0 Å². The van der Waals surface area contributed by atoms with Crippen molar-refractivity contribution < 1.29 is 29.3 Å². The number of aromatic hydroxyl groups is 1. The highest BCUT2D eigenvalue weighted by Gasteiger charge is 2.72. The highest BCUT2D eigenvalue weighted by Crippen LogP contribution is 2.61. The molecule has 1 saturated heterocycles. The Morgan fingerprint density at radius 1 is 1.24 bits per heavy atom. The van der Waals surface area contributed by atoms with Crippen molar-refractivity contribution in [3.8, 4) is 5.75 Å². The molecule has 25 heavy (non-hydrogen) atoms. The van der Waals surface area contributed by atoms with Crippen LogP contribution in [0, 0.1) is 5.92 Å². The molecular formula is C19H18O6. The normalized spacial score (nSPS) is 38.6. The molecule has 1 aromatic rings. The lowest BCUT2D eigenvalue weighted by Crippen LogP contribution is -2.52. The number of carbonyl (C=O) groups is 2. The molecule has 4 aliphatic rings. The van der Waals surface area contributed by atoms with Gasteiger partial charge in [-0.2, -0.15) is 0 Å². The van der Waals surface area contributed by atoms with Gasteiger partial charge in [-0.3, -0.25) is 9.59 Å². The zero-order valence-electron chi connectivity index (χ0n) is 13.7. The molecule has 6 heteroatoms. The average Bonchev–Trinajstić information content (AvgIpc) is 3.30. The van der Waals surface area contributed by atoms with E-state index in [2.05, 4.69) is 0 Å². The Kier molecular flexibility index (Phi) is 2.92. The Morgan fingerprint density at radius 3 is 2.80 bits per heavy atom. The molecule has 1 spiro atoms. The monoisotopic (exact) mass is 342 g/mol. The van der Waals surface area contributed by atoms with Gasteiger partial charge in [0.15, 0.2) is 11.6 Å². The van der Waals surface area contributed by atoms with Gasteiger partial charge in [0.1, 0.15) is 23.6 Å². The lowest BCUT2D eigenvalue weighted by Gasteiger charge is -2.41. The highest BCUT2D eigenvalue weighted by atomic mass is 16.6. The smallest absolute Gasteiger partial charge is 0.196 e. The van der Waals surface area contributed by atoms with Gasteiger partial charge in [-0.15, -0.1) is 0 Å². The van der Waals surface area contributed by atoms with E-state index >= 15 is 0 Å². The summed E-state index contributed by atoms with van der Waals surface area (Å²) in [7, 11) is 1.49. The zero-order chi connectivity index (χ0) is 17.5. The molecule has 1 heterocycles. The van der Waals surface area contributed by atoms with Crippen molar-refractivity contribution in [3.63, 3.8) is 0 Å². The first kappa shape index (κ1) is 15.3. The van der Waals surface area contributed by atoms with E-state index in [1.807, 2.05) is 0 Å². The molecule has 1 aliphatic heterocycles. The number of ketones is 2. The zero-order valence-corrected chi connectivity index (χ0v) is 13.7. The molecular weight excluding hydrogens is 324 g/mol. The summed E-state index contributed by atoms with van der Waals surface area (Å²) in [6.07, 6.45) is 0.417. The van der Waals surface area contributed by atoms with E-state index in [1.54, 1.807) is 12.1 Å². The van der Waals surface area contributed by atoms with E-state index in [1.165, 1.54) is 13.2 Å². The van der Waals surface area contributed by atoms with Crippen molar-refractivity contribution in [1.29, 1.82) is 0 Å².